The number of hydrogen-bond acceptors (Lipinski definition) is 2. The summed E-state index contributed by atoms with van der Waals surface area (Å²) in [6.07, 6.45) is 0. The molecular formula is C16H9ClF2O2. The van der Waals surface area contributed by atoms with Gasteiger partial charge in [0.05, 0.1) is 5.02 Å². The van der Waals surface area contributed by atoms with Crippen LogP contribution in [0.5, 0.6) is 0 Å². The zero-order valence-electron chi connectivity index (χ0n) is 10.9. The van der Waals surface area contributed by atoms with Crippen molar-refractivity contribution in [3.05, 3.63) is 69.9 Å². The number of furan rings is 1. The first-order valence-corrected chi connectivity index (χ1v) is 6.53. The van der Waals surface area contributed by atoms with E-state index < -0.39 is 17.4 Å². The number of rotatable bonds is 2. The van der Waals surface area contributed by atoms with Gasteiger partial charge in [0.1, 0.15) is 17.2 Å². The van der Waals surface area contributed by atoms with Crippen LogP contribution in [0.3, 0.4) is 0 Å². The summed E-state index contributed by atoms with van der Waals surface area (Å²) >= 11 is 5.89. The smallest absolute Gasteiger partial charge is 0.230 e. The van der Waals surface area contributed by atoms with Crippen LogP contribution in [0.25, 0.3) is 11.0 Å². The Bertz CT molecular complexity index is 868. The summed E-state index contributed by atoms with van der Waals surface area (Å²) < 4.78 is 31.8. The van der Waals surface area contributed by atoms with Crippen molar-refractivity contribution in [2.24, 2.45) is 0 Å². The summed E-state index contributed by atoms with van der Waals surface area (Å²) in [4.78, 5) is 12.5. The standard InChI is InChI=1S/C16H9ClF2O2/c1-8-12-6-9(18)3-5-14(12)21-16(8)15(20)11-4-2-10(19)7-13(11)17/h2-7H,1H3. The zero-order chi connectivity index (χ0) is 15.1. The average Bonchev–Trinajstić information content (AvgIpc) is 2.75. The van der Waals surface area contributed by atoms with E-state index in [0.29, 0.717) is 16.5 Å². The highest BCUT2D eigenvalue weighted by atomic mass is 35.5. The minimum absolute atomic E-state index is 0.00559. The molecule has 3 rings (SSSR count). The van der Waals surface area contributed by atoms with Crippen molar-refractivity contribution in [3.8, 4) is 0 Å². The van der Waals surface area contributed by atoms with E-state index in [4.69, 9.17) is 16.0 Å². The maximum atomic E-state index is 13.3. The minimum Gasteiger partial charge on any atom is -0.452 e. The second-order valence-corrected chi connectivity index (χ2v) is 5.06. The molecule has 0 saturated carbocycles. The molecule has 0 N–H and O–H groups in total. The Morgan fingerprint density at radius 2 is 1.76 bits per heavy atom. The lowest BCUT2D eigenvalue weighted by atomic mass is 10.0. The van der Waals surface area contributed by atoms with Gasteiger partial charge in [-0.3, -0.25) is 4.79 Å². The lowest BCUT2D eigenvalue weighted by molar-refractivity contribution is 0.101. The van der Waals surface area contributed by atoms with Crippen LogP contribution in [0.1, 0.15) is 21.7 Å². The molecule has 0 saturated heterocycles. The van der Waals surface area contributed by atoms with Crippen molar-refractivity contribution >= 4 is 28.4 Å². The maximum Gasteiger partial charge on any atom is 0.230 e. The SMILES string of the molecule is Cc1c(C(=O)c2ccc(F)cc2Cl)oc2ccc(F)cc12. The molecule has 0 aliphatic heterocycles. The third kappa shape index (κ3) is 2.32. The Morgan fingerprint density at radius 3 is 2.48 bits per heavy atom. The Balaban J connectivity index is 2.15. The summed E-state index contributed by atoms with van der Waals surface area (Å²) in [5.41, 5.74) is 1.08. The monoisotopic (exact) mass is 306 g/mol. The zero-order valence-corrected chi connectivity index (χ0v) is 11.7. The van der Waals surface area contributed by atoms with E-state index in [9.17, 15) is 13.6 Å². The van der Waals surface area contributed by atoms with Gasteiger partial charge in [-0.15, -0.1) is 0 Å². The molecular weight excluding hydrogens is 298 g/mol. The van der Waals surface area contributed by atoms with E-state index in [1.54, 1.807) is 6.92 Å². The first-order valence-electron chi connectivity index (χ1n) is 6.16. The van der Waals surface area contributed by atoms with Gasteiger partial charge >= 0.3 is 0 Å². The molecule has 21 heavy (non-hydrogen) atoms. The van der Waals surface area contributed by atoms with Crippen LogP contribution < -0.4 is 0 Å². The summed E-state index contributed by atoms with van der Waals surface area (Å²) in [6.45, 7) is 1.66. The van der Waals surface area contributed by atoms with Crippen molar-refractivity contribution in [3.63, 3.8) is 0 Å². The molecule has 1 heterocycles. The van der Waals surface area contributed by atoms with Crippen molar-refractivity contribution in [2.45, 2.75) is 6.92 Å². The van der Waals surface area contributed by atoms with Gasteiger partial charge in [-0.1, -0.05) is 11.6 Å². The summed E-state index contributed by atoms with van der Waals surface area (Å²) in [5.74, 6) is -1.33. The molecule has 5 heteroatoms. The lowest BCUT2D eigenvalue weighted by Gasteiger charge is -2.02. The molecule has 0 atom stereocenters. The summed E-state index contributed by atoms with van der Waals surface area (Å²) in [6, 6.07) is 7.53. The molecule has 106 valence electrons. The fourth-order valence-corrected chi connectivity index (χ4v) is 2.46. The maximum absolute atomic E-state index is 13.3. The Hall–Kier alpha value is -2.20. The van der Waals surface area contributed by atoms with Crippen molar-refractivity contribution in [1.29, 1.82) is 0 Å². The number of hydrogen-bond donors (Lipinski definition) is 0. The van der Waals surface area contributed by atoms with Crippen LogP contribution >= 0.6 is 11.6 Å². The highest BCUT2D eigenvalue weighted by Crippen LogP contribution is 2.29. The number of fused-ring (bicyclic) bond motifs is 1. The fraction of sp³-hybridized carbons (Fsp3) is 0.0625. The van der Waals surface area contributed by atoms with E-state index in [2.05, 4.69) is 0 Å². The number of carbonyl (C=O) groups excluding carboxylic acids is 1. The van der Waals surface area contributed by atoms with Gasteiger partial charge in [0, 0.05) is 16.5 Å². The molecule has 0 amide bonds. The highest BCUT2D eigenvalue weighted by molar-refractivity contribution is 6.35. The number of benzene rings is 2. The van der Waals surface area contributed by atoms with Gasteiger partial charge in [-0.05, 0) is 43.3 Å². The van der Waals surface area contributed by atoms with Gasteiger partial charge in [0.25, 0.3) is 0 Å². The van der Waals surface area contributed by atoms with Crippen molar-refractivity contribution in [2.75, 3.05) is 0 Å². The predicted molar refractivity (Wildman–Crippen MR) is 75.8 cm³/mol. The molecule has 2 aromatic carbocycles. The highest BCUT2D eigenvalue weighted by Gasteiger charge is 2.21. The molecule has 3 aromatic rings. The van der Waals surface area contributed by atoms with E-state index >= 15 is 0 Å². The lowest BCUT2D eigenvalue weighted by Crippen LogP contribution is -2.02. The van der Waals surface area contributed by atoms with Gasteiger partial charge in [-0.2, -0.15) is 0 Å². The molecule has 0 spiro atoms. The third-order valence-electron chi connectivity index (χ3n) is 3.28. The van der Waals surface area contributed by atoms with Crippen LogP contribution in [0.4, 0.5) is 8.78 Å². The average molecular weight is 307 g/mol. The second-order valence-electron chi connectivity index (χ2n) is 4.65. The Kier molecular flexibility index (Phi) is 3.26. The van der Waals surface area contributed by atoms with Gasteiger partial charge < -0.3 is 4.42 Å². The Morgan fingerprint density at radius 1 is 1.10 bits per heavy atom. The van der Waals surface area contributed by atoms with Crippen LogP contribution in [0.2, 0.25) is 5.02 Å². The van der Waals surface area contributed by atoms with Crippen molar-refractivity contribution in [1.82, 2.24) is 0 Å². The first kappa shape index (κ1) is 13.8. The van der Waals surface area contributed by atoms with Crippen LogP contribution in [-0.2, 0) is 0 Å². The largest absolute Gasteiger partial charge is 0.452 e. The number of halogens is 3. The molecule has 0 fully saturated rings. The van der Waals surface area contributed by atoms with E-state index in [0.717, 1.165) is 12.1 Å². The van der Waals surface area contributed by atoms with Crippen LogP contribution in [0.15, 0.2) is 40.8 Å². The summed E-state index contributed by atoms with van der Waals surface area (Å²) in [5, 5.41) is 0.530. The third-order valence-corrected chi connectivity index (χ3v) is 3.59. The van der Waals surface area contributed by atoms with E-state index in [1.165, 1.54) is 24.3 Å². The second kappa shape index (κ2) is 4.97. The molecule has 2 nitrogen and oxygen atoms in total. The molecule has 0 bridgehead atoms. The van der Waals surface area contributed by atoms with Gasteiger partial charge in [0.2, 0.25) is 5.78 Å². The topological polar surface area (TPSA) is 30.2 Å². The van der Waals surface area contributed by atoms with E-state index in [-0.39, 0.29) is 16.3 Å². The van der Waals surface area contributed by atoms with E-state index in [1.807, 2.05) is 0 Å². The molecule has 1 aromatic heterocycles. The normalized spacial score (nSPS) is 11.0. The number of ketones is 1. The molecule has 0 radical (unpaired) electrons. The first-order chi connectivity index (χ1) is 9.97. The summed E-state index contributed by atoms with van der Waals surface area (Å²) in [7, 11) is 0. The number of carbonyl (C=O) groups is 1. The molecule has 0 aliphatic rings. The molecule has 0 unspecified atom stereocenters. The number of aryl methyl sites for hydroxylation is 1. The van der Waals surface area contributed by atoms with Crippen LogP contribution in [0, 0.1) is 18.6 Å². The minimum atomic E-state index is -0.528. The van der Waals surface area contributed by atoms with Crippen LogP contribution in [-0.4, -0.2) is 5.78 Å². The Labute approximate surface area is 123 Å². The predicted octanol–water partition coefficient (Wildman–Crippen LogP) is 4.90. The quantitative estimate of drug-likeness (QED) is 0.630. The van der Waals surface area contributed by atoms with Gasteiger partial charge in [-0.25, -0.2) is 8.78 Å². The van der Waals surface area contributed by atoms with Crippen molar-refractivity contribution < 1.29 is 18.0 Å². The fourth-order valence-electron chi connectivity index (χ4n) is 2.21. The molecule has 0 aliphatic carbocycles. The van der Waals surface area contributed by atoms with Gasteiger partial charge in [0.15, 0.2) is 5.76 Å².